The summed E-state index contributed by atoms with van der Waals surface area (Å²) in [7, 11) is 0. The summed E-state index contributed by atoms with van der Waals surface area (Å²) in [5, 5.41) is 2.96. The molecule has 1 aliphatic rings. The van der Waals surface area contributed by atoms with E-state index in [0.29, 0.717) is 6.42 Å². The maximum atomic E-state index is 11.2. The second-order valence-electron chi connectivity index (χ2n) is 4.64. The molecule has 1 aliphatic heterocycles. The molecule has 0 saturated carbocycles. The van der Waals surface area contributed by atoms with Crippen molar-refractivity contribution in [2.45, 2.75) is 18.9 Å². The monoisotopic (exact) mass is 253 g/mol. The normalized spacial score (nSPS) is 18.1. The van der Waals surface area contributed by atoms with Crippen molar-refractivity contribution in [2.75, 3.05) is 0 Å². The Bertz CT molecular complexity index is 563. The van der Waals surface area contributed by atoms with Crippen LogP contribution in [0.3, 0.4) is 0 Å². The Morgan fingerprint density at radius 3 is 2.26 bits per heavy atom. The molecule has 0 aliphatic carbocycles. The zero-order chi connectivity index (χ0) is 13.1. The predicted molar refractivity (Wildman–Crippen MR) is 73.1 cm³/mol. The molecule has 0 bridgehead atoms. The minimum Gasteiger partial charge on any atom is -0.457 e. The molecule has 1 N–H and O–H groups in total. The first kappa shape index (κ1) is 11.8. The summed E-state index contributed by atoms with van der Waals surface area (Å²) < 4.78 is 5.73. The molecule has 1 amide bonds. The van der Waals surface area contributed by atoms with E-state index < -0.39 is 0 Å². The fourth-order valence-corrected chi connectivity index (χ4v) is 2.26. The maximum absolute atomic E-state index is 11.2. The summed E-state index contributed by atoms with van der Waals surface area (Å²) in [6.07, 6.45) is 1.49. The molecule has 1 saturated heterocycles. The van der Waals surface area contributed by atoms with Crippen LogP contribution < -0.4 is 10.1 Å². The molecular weight excluding hydrogens is 238 g/mol. The zero-order valence-electron chi connectivity index (χ0n) is 10.5. The lowest BCUT2D eigenvalue weighted by atomic mass is 10.1. The van der Waals surface area contributed by atoms with Crippen LogP contribution in [0.2, 0.25) is 0 Å². The summed E-state index contributed by atoms with van der Waals surface area (Å²) in [5.74, 6) is 1.76. The first-order valence-electron chi connectivity index (χ1n) is 6.43. The van der Waals surface area contributed by atoms with Crippen LogP contribution in [0.25, 0.3) is 0 Å². The molecule has 1 fully saturated rings. The van der Waals surface area contributed by atoms with Gasteiger partial charge in [0.25, 0.3) is 0 Å². The third-order valence-corrected chi connectivity index (χ3v) is 3.26. The lowest BCUT2D eigenvalue weighted by molar-refractivity contribution is -0.119. The number of carbonyl (C=O) groups is 1. The van der Waals surface area contributed by atoms with Crippen molar-refractivity contribution in [3.05, 3.63) is 60.2 Å². The molecule has 3 heteroatoms. The highest BCUT2D eigenvalue weighted by Crippen LogP contribution is 2.27. The summed E-state index contributed by atoms with van der Waals surface area (Å²) in [4.78, 5) is 11.2. The molecule has 0 aromatic heterocycles. The van der Waals surface area contributed by atoms with Gasteiger partial charge in [-0.25, -0.2) is 0 Å². The molecule has 3 rings (SSSR count). The van der Waals surface area contributed by atoms with Crippen LogP contribution in [-0.2, 0) is 4.79 Å². The van der Waals surface area contributed by atoms with E-state index in [1.165, 1.54) is 0 Å². The number of hydrogen-bond acceptors (Lipinski definition) is 2. The van der Waals surface area contributed by atoms with Crippen molar-refractivity contribution in [3.63, 3.8) is 0 Å². The Morgan fingerprint density at radius 2 is 1.63 bits per heavy atom. The van der Waals surface area contributed by atoms with Crippen LogP contribution in [0.4, 0.5) is 0 Å². The van der Waals surface area contributed by atoms with E-state index in [1.54, 1.807) is 0 Å². The molecule has 0 spiro atoms. The zero-order valence-corrected chi connectivity index (χ0v) is 10.5. The summed E-state index contributed by atoms with van der Waals surface area (Å²) in [6.45, 7) is 0. The van der Waals surface area contributed by atoms with Crippen molar-refractivity contribution in [3.8, 4) is 11.5 Å². The number of rotatable bonds is 3. The molecular formula is C16H15NO2. The molecule has 3 nitrogen and oxygen atoms in total. The molecule has 1 unspecified atom stereocenters. The molecule has 2 aromatic carbocycles. The smallest absolute Gasteiger partial charge is 0.220 e. The SMILES string of the molecule is O=C1CCC(c2ccc(Oc3ccccc3)cc2)N1. The van der Waals surface area contributed by atoms with Gasteiger partial charge in [-0.2, -0.15) is 0 Å². The Morgan fingerprint density at radius 1 is 0.947 bits per heavy atom. The Hall–Kier alpha value is -2.29. The molecule has 96 valence electrons. The van der Waals surface area contributed by atoms with Crippen LogP contribution in [0.5, 0.6) is 11.5 Å². The van der Waals surface area contributed by atoms with Gasteiger partial charge in [0.15, 0.2) is 0 Å². The van der Waals surface area contributed by atoms with Gasteiger partial charge in [0.05, 0.1) is 6.04 Å². The number of para-hydroxylation sites is 1. The number of amides is 1. The van der Waals surface area contributed by atoms with E-state index in [4.69, 9.17) is 4.74 Å². The van der Waals surface area contributed by atoms with Crippen molar-refractivity contribution in [1.29, 1.82) is 0 Å². The van der Waals surface area contributed by atoms with Gasteiger partial charge < -0.3 is 10.1 Å². The third kappa shape index (κ3) is 2.76. The summed E-state index contributed by atoms with van der Waals surface area (Å²) >= 11 is 0. The minimum atomic E-state index is 0.134. The van der Waals surface area contributed by atoms with Crippen molar-refractivity contribution >= 4 is 5.91 Å². The second kappa shape index (κ2) is 5.14. The Kier molecular flexibility index (Phi) is 3.19. The Balaban J connectivity index is 1.71. The number of carbonyl (C=O) groups excluding carboxylic acids is 1. The van der Waals surface area contributed by atoms with Gasteiger partial charge in [-0.15, -0.1) is 0 Å². The van der Waals surface area contributed by atoms with Crippen LogP contribution in [0, 0.1) is 0 Å². The fourth-order valence-electron chi connectivity index (χ4n) is 2.26. The largest absolute Gasteiger partial charge is 0.457 e. The van der Waals surface area contributed by atoms with Crippen molar-refractivity contribution < 1.29 is 9.53 Å². The highest BCUT2D eigenvalue weighted by molar-refractivity contribution is 5.78. The standard InChI is InChI=1S/C16H15NO2/c18-16-11-10-15(17-16)12-6-8-14(9-7-12)19-13-4-2-1-3-5-13/h1-9,15H,10-11H2,(H,17,18). The average Bonchev–Trinajstić information content (AvgIpc) is 2.87. The number of ether oxygens (including phenoxy) is 1. The molecule has 19 heavy (non-hydrogen) atoms. The van der Waals surface area contributed by atoms with E-state index in [0.717, 1.165) is 23.5 Å². The number of benzene rings is 2. The lowest BCUT2D eigenvalue weighted by Crippen LogP contribution is -2.18. The number of nitrogens with one attached hydrogen (secondary N) is 1. The highest BCUT2D eigenvalue weighted by Gasteiger charge is 2.21. The minimum absolute atomic E-state index is 0.134. The van der Waals surface area contributed by atoms with Gasteiger partial charge in [0.2, 0.25) is 5.91 Å². The van der Waals surface area contributed by atoms with E-state index in [9.17, 15) is 4.79 Å². The van der Waals surface area contributed by atoms with Gasteiger partial charge in [-0.05, 0) is 36.2 Å². The van der Waals surface area contributed by atoms with E-state index in [2.05, 4.69) is 5.32 Å². The summed E-state index contributed by atoms with van der Waals surface area (Å²) in [6, 6.07) is 17.7. The van der Waals surface area contributed by atoms with Crippen LogP contribution in [0.15, 0.2) is 54.6 Å². The number of hydrogen-bond donors (Lipinski definition) is 1. The van der Waals surface area contributed by atoms with Gasteiger partial charge >= 0.3 is 0 Å². The molecule has 1 atom stereocenters. The molecule has 1 heterocycles. The quantitative estimate of drug-likeness (QED) is 0.910. The topological polar surface area (TPSA) is 38.3 Å². The molecule has 0 radical (unpaired) electrons. The van der Waals surface area contributed by atoms with Gasteiger partial charge in [0.1, 0.15) is 11.5 Å². The van der Waals surface area contributed by atoms with E-state index in [1.807, 2.05) is 54.6 Å². The van der Waals surface area contributed by atoms with E-state index >= 15 is 0 Å². The maximum Gasteiger partial charge on any atom is 0.220 e. The predicted octanol–water partition coefficient (Wildman–Crippen LogP) is 3.43. The van der Waals surface area contributed by atoms with Crippen LogP contribution in [0.1, 0.15) is 24.4 Å². The average molecular weight is 253 g/mol. The van der Waals surface area contributed by atoms with Crippen molar-refractivity contribution in [2.24, 2.45) is 0 Å². The molecule has 2 aromatic rings. The first-order valence-corrected chi connectivity index (χ1v) is 6.43. The first-order chi connectivity index (χ1) is 9.31. The Labute approximate surface area is 112 Å². The van der Waals surface area contributed by atoms with Crippen LogP contribution in [-0.4, -0.2) is 5.91 Å². The second-order valence-corrected chi connectivity index (χ2v) is 4.64. The van der Waals surface area contributed by atoms with Crippen molar-refractivity contribution in [1.82, 2.24) is 5.32 Å². The van der Waals surface area contributed by atoms with Gasteiger partial charge in [-0.3, -0.25) is 4.79 Å². The summed E-state index contributed by atoms with van der Waals surface area (Å²) in [5.41, 5.74) is 1.13. The van der Waals surface area contributed by atoms with E-state index in [-0.39, 0.29) is 11.9 Å². The lowest BCUT2D eigenvalue weighted by Gasteiger charge is -2.11. The van der Waals surface area contributed by atoms with Gasteiger partial charge in [0, 0.05) is 6.42 Å². The van der Waals surface area contributed by atoms with Crippen LogP contribution >= 0.6 is 0 Å². The fraction of sp³-hybridized carbons (Fsp3) is 0.188. The van der Waals surface area contributed by atoms with Gasteiger partial charge in [-0.1, -0.05) is 30.3 Å². The highest BCUT2D eigenvalue weighted by atomic mass is 16.5. The third-order valence-electron chi connectivity index (χ3n) is 3.26.